The van der Waals surface area contributed by atoms with Crippen LogP contribution in [0, 0.1) is 10.1 Å². The average Bonchev–Trinajstić information content (AvgIpc) is 3.18. The zero-order valence-corrected chi connectivity index (χ0v) is 13.1. The highest BCUT2D eigenvalue weighted by Gasteiger charge is 2.20. The van der Waals surface area contributed by atoms with Crippen LogP contribution >= 0.6 is 0 Å². The van der Waals surface area contributed by atoms with Gasteiger partial charge in [0.25, 0.3) is 0 Å². The molecule has 1 saturated heterocycles. The van der Waals surface area contributed by atoms with Gasteiger partial charge in [-0.25, -0.2) is 4.98 Å². The quantitative estimate of drug-likeness (QED) is 0.580. The lowest BCUT2D eigenvalue weighted by Crippen LogP contribution is -2.36. The van der Waals surface area contributed by atoms with Crippen LogP contribution in [-0.2, 0) is 11.8 Å². The first kappa shape index (κ1) is 14.6. The SMILES string of the molecule is Cn1nc([N+](=O)[O-])cc1-c1nc2ccc(N3CCOCC3)cc2[nH]1. The summed E-state index contributed by atoms with van der Waals surface area (Å²) in [7, 11) is 1.66. The van der Waals surface area contributed by atoms with E-state index in [1.165, 1.54) is 10.7 Å². The summed E-state index contributed by atoms with van der Waals surface area (Å²) in [5.41, 5.74) is 3.38. The van der Waals surface area contributed by atoms with Crippen LogP contribution in [0.15, 0.2) is 24.3 Å². The van der Waals surface area contributed by atoms with Crippen LogP contribution in [0.4, 0.5) is 11.5 Å². The Morgan fingerprint density at radius 3 is 2.79 bits per heavy atom. The topological polar surface area (TPSA) is 102 Å². The third kappa shape index (κ3) is 2.48. The van der Waals surface area contributed by atoms with Crippen molar-refractivity contribution in [3.63, 3.8) is 0 Å². The van der Waals surface area contributed by atoms with Crippen LogP contribution in [0.3, 0.4) is 0 Å². The van der Waals surface area contributed by atoms with Crippen molar-refractivity contribution < 1.29 is 9.66 Å². The summed E-state index contributed by atoms with van der Waals surface area (Å²) in [6.07, 6.45) is 0. The summed E-state index contributed by atoms with van der Waals surface area (Å²) < 4.78 is 6.84. The summed E-state index contributed by atoms with van der Waals surface area (Å²) in [5.74, 6) is 0.370. The van der Waals surface area contributed by atoms with Crippen LogP contribution in [0.25, 0.3) is 22.6 Å². The van der Waals surface area contributed by atoms with E-state index in [4.69, 9.17) is 4.74 Å². The summed E-state index contributed by atoms with van der Waals surface area (Å²) in [4.78, 5) is 20.4. The normalized spacial score (nSPS) is 15.1. The third-order valence-corrected chi connectivity index (χ3v) is 4.14. The molecule has 0 unspecified atom stereocenters. The molecule has 3 heterocycles. The first-order chi connectivity index (χ1) is 11.6. The van der Waals surface area contributed by atoms with Crippen molar-refractivity contribution >= 4 is 22.5 Å². The fraction of sp³-hybridized carbons (Fsp3) is 0.333. The Labute approximate surface area is 137 Å². The highest BCUT2D eigenvalue weighted by atomic mass is 16.6. The standard InChI is InChI=1S/C15H16N6O3/c1-19-13(9-14(18-19)21(22)23)15-16-11-3-2-10(8-12(11)17-15)20-4-6-24-7-5-20/h2-3,8-9H,4-7H2,1H3,(H,16,17). The van der Waals surface area contributed by atoms with Crippen LogP contribution in [-0.4, -0.2) is 51.0 Å². The number of anilines is 1. The molecule has 0 bridgehead atoms. The Morgan fingerprint density at radius 1 is 1.29 bits per heavy atom. The van der Waals surface area contributed by atoms with E-state index < -0.39 is 4.92 Å². The number of benzene rings is 1. The Hall–Kier alpha value is -2.94. The van der Waals surface area contributed by atoms with Gasteiger partial charge in [-0.3, -0.25) is 0 Å². The van der Waals surface area contributed by atoms with E-state index in [-0.39, 0.29) is 5.82 Å². The number of hydrogen-bond acceptors (Lipinski definition) is 6. The van der Waals surface area contributed by atoms with Gasteiger partial charge in [-0.15, -0.1) is 0 Å². The average molecular weight is 328 g/mol. The lowest BCUT2D eigenvalue weighted by Gasteiger charge is -2.28. The van der Waals surface area contributed by atoms with Crippen molar-refractivity contribution in [3.8, 4) is 11.5 Å². The van der Waals surface area contributed by atoms with Crippen molar-refractivity contribution in [2.24, 2.45) is 7.05 Å². The van der Waals surface area contributed by atoms with Crippen LogP contribution in [0.5, 0.6) is 0 Å². The summed E-state index contributed by atoms with van der Waals surface area (Å²) in [5, 5.41) is 14.8. The second kappa shape index (κ2) is 5.60. The predicted molar refractivity (Wildman–Crippen MR) is 88.0 cm³/mol. The van der Waals surface area contributed by atoms with Gasteiger partial charge in [0.05, 0.1) is 42.5 Å². The molecule has 4 rings (SSSR count). The number of nitrogens with one attached hydrogen (secondary N) is 1. The van der Waals surface area contributed by atoms with Gasteiger partial charge >= 0.3 is 5.82 Å². The molecule has 0 saturated carbocycles. The van der Waals surface area contributed by atoms with Gasteiger partial charge in [0.2, 0.25) is 0 Å². The van der Waals surface area contributed by atoms with E-state index in [9.17, 15) is 10.1 Å². The molecule has 0 aliphatic carbocycles. The molecule has 0 radical (unpaired) electrons. The summed E-state index contributed by atoms with van der Waals surface area (Å²) in [6.45, 7) is 3.18. The minimum Gasteiger partial charge on any atom is -0.378 e. The molecule has 0 amide bonds. The van der Waals surface area contributed by atoms with Gasteiger partial charge in [-0.1, -0.05) is 0 Å². The number of nitro groups is 1. The first-order valence-corrected chi connectivity index (χ1v) is 7.63. The van der Waals surface area contributed by atoms with E-state index in [0.717, 1.165) is 43.0 Å². The van der Waals surface area contributed by atoms with Gasteiger partial charge in [0.15, 0.2) is 5.82 Å². The van der Waals surface area contributed by atoms with Gasteiger partial charge in [0.1, 0.15) is 5.69 Å². The number of imidazole rings is 1. The number of aromatic nitrogens is 4. The molecular formula is C15H16N6O3. The van der Waals surface area contributed by atoms with Crippen LogP contribution < -0.4 is 4.90 Å². The molecule has 1 fully saturated rings. The van der Waals surface area contributed by atoms with Crippen LogP contribution in [0.2, 0.25) is 0 Å². The highest BCUT2D eigenvalue weighted by Crippen LogP contribution is 2.26. The number of ether oxygens (including phenoxy) is 1. The lowest BCUT2D eigenvalue weighted by atomic mass is 10.2. The minimum atomic E-state index is -0.511. The molecule has 9 nitrogen and oxygen atoms in total. The zero-order chi connectivity index (χ0) is 16.7. The van der Waals surface area contributed by atoms with Gasteiger partial charge in [-0.05, 0) is 23.1 Å². The molecule has 2 aromatic heterocycles. The van der Waals surface area contributed by atoms with Crippen molar-refractivity contribution in [1.29, 1.82) is 0 Å². The second-order valence-corrected chi connectivity index (χ2v) is 5.65. The maximum atomic E-state index is 10.9. The number of nitrogens with zero attached hydrogens (tertiary/aromatic N) is 5. The molecule has 1 aromatic carbocycles. The highest BCUT2D eigenvalue weighted by molar-refractivity contribution is 5.82. The fourth-order valence-corrected chi connectivity index (χ4v) is 2.90. The van der Waals surface area contributed by atoms with Crippen molar-refractivity contribution in [2.45, 2.75) is 0 Å². The molecule has 124 valence electrons. The number of hydrogen-bond donors (Lipinski definition) is 1. The number of fused-ring (bicyclic) bond motifs is 1. The molecule has 24 heavy (non-hydrogen) atoms. The van der Waals surface area contributed by atoms with E-state index in [1.54, 1.807) is 7.05 Å². The largest absolute Gasteiger partial charge is 0.390 e. The van der Waals surface area contributed by atoms with E-state index in [1.807, 2.05) is 18.2 Å². The maximum absolute atomic E-state index is 10.9. The molecule has 0 spiro atoms. The second-order valence-electron chi connectivity index (χ2n) is 5.65. The predicted octanol–water partition coefficient (Wildman–Crippen LogP) is 1.71. The zero-order valence-electron chi connectivity index (χ0n) is 13.1. The van der Waals surface area contributed by atoms with Crippen molar-refractivity contribution in [1.82, 2.24) is 19.7 Å². The first-order valence-electron chi connectivity index (χ1n) is 7.63. The number of aromatic amines is 1. The lowest BCUT2D eigenvalue weighted by molar-refractivity contribution is -0.389. The molecular weight excluding hydrogens is 312 g/mol. The van der Waals surface area contributed by atoms with E-state index in [0.29, 0.717) is 11.5 Å². The smallest absolute Gasteiger partial charge is 0.378 e. The Balaban J connectivity index is 1.71. The molecule has 1 aliphatic heterocycles. The van der Waals surface area contributed by atoms with E-state index >= 15 is 0 Å². The molecule has 1 N–H and O–H groups in total. The third-order valence-electron chi connectivity index (χ3n) is 4.14. The maximum Gasteiger partial charge on any atom is 0.390 e. The summed E-state index contributed by atoms with van der Waals surface area (Å²) in [6, 6.07) is 7.44. The van der Waals surface area contributed by atoms with Gasteiger partial charge in [-0.2, -0.15) is 4.68 Å². The number of aryl methyl sites for hydroxylation is 1. The number of H-pyrrole nitrogens is 1. The number of rotatable bonds is 3. The minimum absolute atomic E-state index is 0.193. The monoisotopic (exact) mass is 328 g/mol. The Bertz CT molecular complexity index is 909. The summed E-state index contributed by atoms with van der Waals surface area (Å²) >= 11 is 0. The Kier molecular flexibility index (Phi) is 3.42. The van der Waals surface area contributed by atoms with Crippen LogP contribution in [0.1, 0.15) is 0 Å². The van der Waals surface area contributed by atoms with Gasteiger partial charge < -0.3 is 24.7 Å². The fourth-order valence-electron chi connectivity index (χ4n) is 2.90. The van der Waals surface area contributed by atoms with Crippen molar-refractivity contribution in [3.05, 3.63) is 34.4 Å². The Morgan fingerprint density at radius 2 is 2.08 bits per heavy atom. The van der Waals surface area contributed by atoms with E-state index in [2.05, 4.69) is 20.0 Å². The van der Waals surface area contributed by atoms with Crippen molar-refractivity contribution in [2.75, 3.05) is 31.2 Å². The molecule has 0 atom stereocenters. The van der Waals surface area contributed by atoms with Gasteiger partial charge in [0, 0.05) is 18.8 Å². The molecule has 1 aliphatic rings. The molecule has 3 aromatic rings. The molecule has 9 heteroatoms. The number of morpholine rings is 1.